The summed E-state index contributed by atoms with van der Waals surface area (Å²) in [6.07, 6.45) is 4.44. The maximum absolute atomic E-state index is 11.7. The minimum Gasteiger partial charge on any atom is -0.391 e. The van der Waals surface area contributed by atoms with E-state index in [0.29, 0.717) is 13.0 Å². The Bertz CT molecular complexity index is 1200. The van der Waals surface area contributed by atoms with Gasteiger partial charge in [0.2, 0.25) is 10.0 Å². The molecule has 0 bridgehead atoms. The fourth-order valence-corrected chi connectivity index (χ4v) is 5.20. The molecule has 0 radical (unpaired) electrons. The third kappa shape index (κ3) is 5.70. The summed E-state index contributed by atoms with van der Waals surface area (Å²) >= 11 is 0. The Hall–Kier alpha value is -2.52. The van der Waals surface area contributed by atoms with E-state index < -0.39 is 10.0 Å². The molecule has 1 aromatic heterocycles. The van der Waals surface area contributed by atoms with Crippen LogP contribution in [0.1, 0.15) is 48.2 Å². The number of sulfonamides is 1. The second-order valence-corrected chi connectivity index (χ2v) is 10.6. The first-order valence-electron chi connectivity index (χ1n) is 11.4. The molecule has 1 saturated carbocycles. The van der Waals surface area contributed by atoms with Gasteiger partial charge in [-0.2, -0.15) is 5.10 Å². The number of primary sulfonamides is 1. The second-order valence-electron chi connectivity index (χ2n) is 9.08. The van der Waals surface area contributed by atoms with Crippen molar-refractivity contribution in [3.05, 3.63) is 77.1 Å². The third-order valence-electron chi connectivity index (χ3n) is 6.38. The third-order valence-corrected chi connectivity index (χ3v) is 7.31. The van der Waals surface area contributed by atoms with Crippen LogP contribution in [-0.2, 0) is 23.0 Å². The molecule has 33 heavy (non-hydrogen) atoms. The fourth-order valence-electron chi connectivity index (χ4n) is 4.69. The standard InChI is InChI=1S/C25H32N4O3S/c1-18-6-5-7-19(14-18)15-22-16-20(17-28(2)24-8-3-4-9-25(24)30)27-29(22)21-10-12-23(13-11-21)33(26,31)32/h5-7,10-14,16,24-25,30H,3-4,8-9,15,17H2,1-2H3,(H2,26,31,32). The number of aromatic nitrogens is 2. The van der Waals surface area contributed by atoms with Crippen LogP contribution in [0.4, 0.5) is 0 Å². The van der Waals surface area contributed by atoms with Crippen LogP contribution < -0.4 is 5.14 Å². The molecule has 1 fully saturated rings. The van der Waals surface area contributed by atoms with E-state index in [2.05, 4.69) is 36.1 Å². The van der Waals surface area contributed by atoms with Crippen molar-refractivity contribution in [3.8, 4) is 5.69 Å². The molecule has 8 heteroatoms. The number of nitrogens with zero attached hydrogens (tertiary/aromatic N) is 3. The highest BCUT2D eigenvalue weighted by molar-refractivity contribution is 7.89. The lowest BCUT2D eigenvalue weighted by Crippen LogP contribution is -2.42. The van der Waals surface area contributed by atoms with Gasteiger partial charge in [0.05, 0.1) is 22.4 Å². The van der Waals surface area contributed by atoms with Crippen LogP contribution in [0.25, 0.3) is 5.69 Å². The first kappa shape index (κ1) is 23.6. The van der Waals surface area contributed by atoms with Gasteiger partial charge in [-0.15, -0.1) is 0 Å². The molecular weight excluding hydrogens is 436 g/mol. The summed E-state index contributed by atoms with van der Waals surface area (Å²) in [5, 5.41) is 20.6. The largest absolute Gasteiger partial charge is 0.391 e. The smallest absolute Gasteiger partial charge is 0.238 e. The average molecular weight is 469 g/mol. The minimum atomic E-state index is -3.75. The fraction of sp³-hybridized carbons (Fsp3) is 0.400. The van der Waals surface area contributed by atoms with Crippen LogP contribution in [0.2, 0.25) is 0 Å². The zero-order chi connectivity index (χ0) is 23.6. The van der Waals surface area contributed by atoms with Gasteiger partial charge in [0.1, 0.15) is 0 Å². The highest BCUT2D eigenvalue weighted by Crippen LogP contribution is 2.25. The molecule has 2 unspecified atom stereocenters. The van der Waals surface area contributed by atoms with Crippen molar-refractivity contribution in [2.24, 2.45) is 5.14 Å². The maximum atomic E-state index is 11.7. The minimum absolute atomic E-state index is 0.0740. The lowest BCUT2D eigenvalue weighted by Gasteiger charge is -2.34. The molecule has 3 aromatic rings. The molecule has 176 valence electrons. The molecule has 0 spiro atoms. The van der Waals surface area contributed by atoms with Crippen LogP contribution in [0.5, 0.6) is 0 Å². The van der Waals surface area contributed by atoms with E-state index in [-0.39, 0.29) is 17.0 Å². The molecule has 2 aromatic carbocycles. The summed E-state index contributed by atoms with van der Waals surface area (Å²) < 4.78 is 25.2. The van der Waals surface area contributed by atoms with Crippen LogP contribution in [0.15, 0.2) is 59.5 Å². The van der Waals surface area contributed by atoms with E-state index >= 15 is 0 Å². The summed E-state index contributed by atoms with van der Waals surface area (Å²) in [7, 11) is -1.71. The van der Waals surface area contributed by atoms with Crippen molar-refractivity contribution in [3.63, 3.8) is 0 Å². The van der Waals surface area contributed by atoms with Gasteiger partial charge in [0.15, 0.2) is 0 Å². The number of aliphatic hydroxyl groups is 1. The SMILES string of the molecule is Cc1cccc(Cc2cc(CN(C)C3CCCCC3O)nn2-c2ccc(S(N)(=O)=O)cc2)c1. The van der Waals surface area contributed by atoms with Crippen molar-refractivity contribution in [1.29, 1.82) is 0 Å². The maximum Gasteiger partial charge on any atom is 0.238 e. The molecular formula is C25H32N4O3S. The Morgan fingerprint density at radius 2 is 1.85 bits per heavy atom. The number of hydrogen-bond acceptors (Lipinski definition) is 5. The van der Waals surface area contributed by atoms with E-state index in [0.717, 1.165) is 42.8 Å². The molecule has 0 saturated heterocycles. The topological polar surface area (TPSA) is 101 Å². The molecule has 2 atom stereocenters. The Balaban J connectivity index is 1.65. The number of nitrogens with two attached hydrogens (primary N) is 1. The van der Waals surface area contributed by atoms with Crippen molar-refractivity contribution in [2.45, 2.75) is 62.6 Å². The van der Waals surface area contributed by atoms with Gasteiger partial charge in [-0.05, 0) is 62.7 Å². The molecule has 1 aliphatic carbocycles. The Labute approximate surface area is 195 Å². The molecule has 0 aliphatic heterocycles. The monoisotopic (exact) mass is 468 g/mol. The van der Waals surface area contributed by atoms with Crippen LogP contribution in [0.3, 0.4) is 0 Å². The van der Waals surface area contributed by atoms with Crippen molar-refractivity contribution < 1.29 is 13.5 Å². The van der Waals surface area contributed by atoms with Crippen molar-refractivity contribution in [2.75, 3.05) is 7.05 Å². The number of likely N-dealkylation sites (N-methyl/N-ethyl adjacent to an activating group) is 1. The molecule has 7 nitrogen and oxygen atoms in total. The van der Waals surface area contributed by atoms with E-state index in [4.69, 9.17) is 10.2 Å². The van der Waals surface area contributed by atoms with Gasteiger partial charge >= 0.3 is 0 Å². The summed E-state index contributed by atoms with van der Waals surface area (Å²) in [6, 6.07) is 17.1. The van der Waals surface area contributed by atoms with Gasteiger partial charge in [0.25, 0.3) is 0 Å². The summed E-state index contributed by atoms with van der Waals surface area (Å²) in [5.41, 5.74) is 5.07. The first-order valence-corrected chi connectivity index (χ1v) is 12.9. The lowest BCUT2D eigenvalue weighted by molar-refractivity contribution is 0.0283. The van der Waals surface area contributed by atoms with E-state index in [9.17, 15) is 13.5 Å². The first-order chi connectivity index (χ1) is 15.7. The number of benzene rings is 2. The lowest BCUT2D eigenvalue weighted by atomic mass is 9.91. The van der Waals surface area contributed by atoms with Gasteiger partial charge in [-0.25, -0.2) is 18.2 Å². The number of rotatable bonds is 7. The Morgan fingerprint density at radius 3 is 2.52 bits per heavy atom. The Morgan fingerprint density at radius 1 is 1.12 bits per heavy atom. The molecule has 1 heterocycles. The highest BCUT2D eigenvalue weighted by Gasteiger charge is 2.27. The van der Waals surface area contributed by atoms with E-state index in [1.54, 1.807) is 12.1 Å². The Kier molecular flexibility index (Phi) is 6.99. The second kappa shape index (κ2) is 9.77. The summed E-state index contributed by atoms with van der Waals surface area (Å²) in [5.74, 6) is 0. The van der Waals surface area contributed by atoms with E-state index in [1.165, 1.54) is 23.3 Å². The summed E-state index contributed by atoms with van der Waals surface area (Å²) in [6.45, 7) is 2.70. The number of hydrogen-bond donors (Lipinski definition) is 2. The summed E-state index contributed by atoms with van der Waals surface area (Å²) in [4.78, 5) is 2.27. The zero-order valence-electron chi connectivity index (χ0n) is 19.2. The predicted molar refractivity (Wildman–Crippen MR) is 129 cm³/mol. The molecule has 3 N–H and O–H groups in total. The molecule has 0 amide bonds. The quantitative estimate of drug-likeness (QED) is 0.555. The number of aliphatic hydroxyl groups excluding tert-OH is 1. The van der Waals surface area contributed by atoms with Crippen molar-refractivity contribution >= 4 is 10.0 Å². The number of aryl methyl sites for hydroxylation is 1. The average Bonchev–Trinajstić information content (AvgIpc) is 3.15. The molecule has 4 rings (SSSR count). The van der Waals surface area contributed by atoms with Crippen molar-refractivity contribution in [1.82, 2.24) is 14.7 Å². The highest BCUT2D eigenvalue weighted by atomic mass is 32.2. The van der Waals surface area contributed by atoms with Crippen LogP contribution >= 0.6 is 0 Å². The van der Waals surface area contributed by atoms with Crippen LogP contribution in [0, 0.1) is 6.92 Å². The zero-order valence-corrected chi connectivity index (χ0v) is 20.0. The predicted octanol–water partition coefficient (Wildman–Crippen LogP) is 3.15. The molecule has 1 aliphatic rings. The van der Waals surface area contributed by atoms with Gasteiger partial charge in [0, 0.05) is 24.7 Å². The van der Waals surface area contributed by atoms with E-state index in [1.807, 2.05) is 17.8 Å². The van der Waals surface area contributed by atoms with Gasteiger partial charge in [-0.3, -0.25) is 4.90 Å². The van der Waals surface area contributed by atoms with Gasteiger partial charge in [-0.1, -0.05) is 42.7 Å². The van der Waals surface area contributed by atoms with Gasteiger partial charge < -0.3 is 5.11 Å². The normalized spacial score (nSPS) is 19.2. The van der Waals surface area contributed by atoms with Crippen LogP contribution in [-0.4, -0.2) is 47.4 Å².